The molecule has 51 heavy (non-hydrogen) atoms. The van der Waals surface area contributed by atoms with Gasteiger partial charge in [-0.15, -0.1) is 32.9 Å². The lowest BCUT2D eigenvalue weighted by atomic mass is 10.1. The van der Waals surface area contributed by atoms with Crippen LogP contribution in [0.4, 0.5) is 5.95 Å². The van der Waals surface area contributed by atoms with E-state index in [0.717, 1.165) is 31.0 Å². The van der Waals surface area contributed by atoms with E-state index in [2.05, 4.69) is 68.0 Å². The maximum Gasteiger partial charge on any atom is 0.316 e. The molecule has 5 aromatic heterocycles. The molecule has 2 unspecified atom stereocenters. The first-order chi connectivity index (χ1) is 25.2. The number of rotatable bonds is 10. The molecule has 2 N–H and O–H groups in total. The average Bonchev–Trinajstić information content (AvgIpc) is 3.95. The molecule has 248 valence electrons. The number of hydrogen-bond acceptors (Lipinski definition) is 15. The Morgan fingerprint density at radius 2 is 1.31 bits per heavy atom. The van der Waals surface area contributed by atoms with E-state index in [1.54, 1.807) is 24.5 Å². The number of nitrogens with zero attached hydrogens (tertiary/aromatic N) is 11. The Labute approximate surface area is 298 Å². The number of anilines is 1. The van der Waals surface area contributed by atoms with Crippen LogP contribution in [0.25, 0.3) is 20.4 Å². The molecule has 3 aromatic carbocycles. The lowest BCUT2D eigenvalue weighted by Crippen LogP contribution is -2.08. The summed E-state index contributed by atoms with van der Waals surface area (Å²) < 4.78 is 7.77. The van der Waals surface area contributed by atoms with Crippen LogP contribution in [-0.4, -0.2) is 50.5 Å². The van der Waals surface area contributed by atoms with E-state index in [0.29, 0.717) is 41.3 Å². The Hall–Kier alpha value is -6.75. The van der Waals surface area contributed by atoms with Gasteiger partial charge in [0.1, 0.15) is 28.5 Å². The molecule has 0 aliphatic heterocycles. The zero-order chi connectivity index (χ0) is 34.8. The Bertz CT molecular complexity index is 2390. The highest BCUT2D eigenvalue weighted by Crippen LogP contribution is 2.32. The molecule has 0 fully saturated rings. The van der Waals surface area contributed by atoms with E-state index >= 15 is 0 Å². The summed E-state index contributed by atoms with van der Waals surface area (Å²) in [5.41, 5.74) is 3.98. The van der Waals surface area contributed by atoms with Gasteiger partial charge in [-0.25, -0.2) is 24.9 Å². The van der Waals surface area contributed by atoms with Crippen LogP contribution in [0.2, 0.25) is 0 Å². The number of tetrazole rings is 1. The number of ether oxygens (including phenoxy) is 1. The summed E-state index contributed by atoms with van der Waals surface area (Å²) in [6.07, 6.45) is 3.22. The van der Waals surface area contributed by atoms with Crippen molar-refractivity contribution in [3.63, 3.8) is 0 Å². The predicted octanol–water partition coefficient (Wildman–Crippen LogP) is 6.19. The summed E-state index contributed by atoms with van der Waals surface area (Å²) in [7, 11) is 0. The Morgan fingerprint density at radius 3 is 1.92 bits per heavy atom. The summed E-state index contributed by atoms with van der Waals surface area (Å²) in [4.78, 5) is 26.3. The number of fused-ring (bicyclic) bond motifs is 2. The monoisotopic (exact) mass is 707 g/mol. The van der Waals surface area contributed by atoms with Gasteiger partial charge in [-0.1, -0.05) is 59.8 Å². The molecule has 0 bridgehead atoms. The second-order valence-electron chi connectivity index (χ2n) is 10.7. The van der Waals surface area contributed by atoms with Crippen molar-refractivity contribution < 1.29 is 4.74 Å². The molecule has 0 amide bonds. The largest absolute Gasteiger partial charge is 0.459 e. The normalized spacial score (nSPS) is 11.9. The maximum atomic E-state index is 9.67. The minimum atomic E-state index is -0.550. The number of thiazole rings is 2. The molecule has 0 radical (unpaired) electrons. The maximum absolute atomic E-state index is 9.67. The fourth-order valence-electron chi connectivity index (χ4n) is 4.86. The molecule has 14 nitrogen and oxygen atoms in total. The van der Waals surface area contributed by atoms with Gasteiger partial charge in [0.15, 0.2) is 5.82 Å². The third-order valence-corrected chi connectivity index (χ3v) is 9.50. The second kappa shape index (κ2) is 15.6. The lowest BCUT2D eigenvalue weighted by molar-refractivity contribution is 0.279. The van der Waals surface area contributed by atoms with Crippen LogP contribution in [0.1, 0.15) is 44.6 Å². The van der Waals surface area contributed by atoms with E-state index in [1.165, 1.54) is 22.7 Å². The Kier molecular flexibility index (Phi) is 10.1. The number of aromatic amines is 1. The molecule has 2 atom stereocenters. The SMILES string of the molecule is N#CC(c1ccnc(NCc2nn[nH]n2)n1)c1nc2ccccc2s1.N#CC(c1ccnc(OCc2ccccc2)n1)c1nc2ccccc2s1. The number of para-hydroxylation sites is 2. The molecule has 0 aliphatic carbocycles. The first-order valence-electron chi connectivity index (χ1n) is 15.5. The molecule has 0 spiro atoms. The van der Waals surface area contributed by atoms with Crippen molar-refractivity contribution in [3.05, 3.63) is 136 Å². The molecular formula is C35H25N13OS2. The van der Waals surface area contributed by atoms with Crippen molar-refractivity contribution in [1.29, 1.82) is 10.5 Å². The third kappa shape index (κ3) is 7.94. The fraction of sp³-hybridized carbons (Fsp3) is 0.114. The van der Waals surface area contributed by atoms with Gasteiger partial charge < -0.3 is 10.1 Å². The predicted molar refractivity (Wildman–Crippen MR) is 190 cm³/mol. The van der Waals surface area contributed by atoms with Crippen molar-refractivity contribution in [2.45, 2.75) is 25.0 Å². The molecule has 16 heteroatoms. The first kappa shape index (κ1) is 32.8. The number of nitriles is 2. The summed E-state index contributed by atoms with van der Waals surface area (Å²) >= 11 is 3.00. The number of benzene rings is 3. The molecule has 8 aromatic rings. The molecule has 0 saturated carbocycles. The van der Waals surface area contributed by atoms with E-state index < -0.39 is 11.8 Å². The van der Waals surface area contributed by atoms with Gasteiger partial charge in [0.2, 0.25) is 5.95 Å². The Balaban J connectivity index is 0.000000159. The lowest BCUT2D eigenvalue weighted by Gasteiger charge is -2.08. The molecule has 0 saturated heterocycles. The quantitative estimate of drug-likeness (QED) is 0.163. The van der Waals surface area contributed by atoms with Crippen LogP contribution >= 0.6 is 22.7 Å². The zero-order valence-electron chi connectivity index (χ0n) is 26.5. The van der Waals surface area contributed by atoms with Crippen molar-refractivity contribution in [2.75, 3.05) is 5.32 Å². The van der Waals surface area contributed by atoms with Crippen LogP contribution in [0.15, 0.2) is 103 Å². The van der Waals surface area contributed by atoms with Crippen LogP contribution in [-0.2, 0) is 13.2 Å². The van der Waals surface area contributed by atoms with Crippen molar-refractivity contribution in [1.82, 2.24) is 50.5 Å². The van der Waals surface area contributed by atoms with E-state index in [9.17, 15) is 10.5 Å². The van der Waals surface area contributed by atoms with Gasteiger partial charge in [0.25, 0.3) is 0 Å². The highest BCUT2D eigenvalue weighted by Gasteiger charge is 2.21. The van der Waals surface area contributed by atoms with E-state index in [-0.39, 0.29) is 6.01 Å². The first-order valence-corrected chi connectivity index (χ1v) is 17.1. The van der Waals surface area contributed by atoms with E-state index in [1.807, 2.05) is 78.9 Å². The van der Waals surface area contributed by atoms with Gasteiger partial charge >= 0.3 is 6.01 Å². The van der Waals surface area contributed by atoms with Gasteiger partial charge in [0, 0.05) is 12.4 Å². The van der Waals surface area contributed by atoms with Crippen LogP contribution < -0.4 is 10.1 Å². The molecular weight excluding hydrogens is 683 g/mol. The van der Waals surface area contributed by atoms with Gasteiger partial charge in [-0.2, -0.15) is 20.7 Å². The van der Waals surface area contributed by atoms with Crippen molar-refractivity contribution in [2.24, 2.45) is 0 Å². The number of aromatic nitrogens is 10. The van der Waals surface area contributed by atoms with Crippen molar-refractivity contribution >= 4 is 49.1 Å². The highest BCUT2D eigenvalue weighted by atomic mass is 32.1. The molecule has 5 heterocycles. The van der Waals surface area contributed by atoms with Crippen LogP contribution in [0.3, 0.4) is 0 Å². The van der Waals surface area contributed by atoms with Crippen molar-refractivity contribution in [3.8, 4) is 18.1 Å². The minimum absolute atomic E-state index is 0.257. The van der Waals surface area contributed by atoms with Gasteiger partial charge in [-0.05, 0) is 42.0 Å². The smallest absolute Gasteiger partial charge is 0.316 e. The topological polar surface area (TPSA) is 201 Å². The minimum Gasteiger partial charge on any atom is -0.459 e. The number of nitrogens with one attached hydrogen (secondary N) is 2. The fourth-order valence-corrected chi connectivity index (χ4v) is 6.91. The molecule has 8 rings (SSSR count). The van der Waals surface area contributed by atoms with E-state index in [4.69, 9.17) is 4.74 Å². The number of H-pyrrole nitrogens is 1. The average molecular weight is 708 g/mol. The highest BCUT2D eigenvalue weighted by molar-refractivity contribution is 7.19. The summed E-state index contributed by atoms with van der Waals surface area (Å²) in [5, 5.41) is 37.3. The number of hydrogen-bond donors (Lipinski definition) is 2. The summed E-state index contributed by atoms with van der Waals surface area (Å²) in [6, 6.07) is 33.8. The second-order valence-corrected chi connectivity index (χ2v) is 12.8. The Morgan fingerprint density at radius 1 is 0.706 bits per heavy atom. The summed E-state index contributed by atoms with van der Waals surface area (Å²) in [5.74, 6) is -0.207. The van der Waals surface area contributed by atoms with Crippen LogP contribution in [0.5, 0.6) is 6.01 Å². The zero-order valence-corrected chi connectivity index (χ0v) is 28.2. The summed E-state index contributed by atoms with van der Waals surface area (Å²) in [6.45, 7) is 0.709. The van der Waals surface area contributed by atoms with Gasteiger partial charge in [-0.3, -0.25) is 0 Å². The van der Waals surface area contributed by atoms with Gasteiger partial charge in [0.05, 0.1) is 50.5 Å². The van der Waals surface area contributed by atoms with Crippen LogP contribution in [0, 0.1) is 22.7 Å². The molecule has 0 aliphatic rings. The standard InChI is InChI=1S/C20H14N4OS.C15H11N9S/c21-12-15(19-23-17-8-4-5-9-18(17)26-19)16-10-11-22-20(24-16)25-13-14-6-2-1-3-7-14;16-7-9(14-19-11-3-1-2-4-12(11)25-14)10-5-6-17-15(20-10)18-8-13-21-23-24-22-13/h1-11,15H,13H2;1-6,9H,8H2,(H,17,18,20)(H,21,22,23,24). The third-order valence-electron chi connectivity index (χ3n) is 7.30.